The fraction of sp³-hybridized carbons (Fsp3) is 0.500. The van der Waals surface area contributed by atoms with Crippen LogP contribution in [0.5, 0.6) is 0 Å². The smallest absolute Gasteiger partial charge is 0.0482 e. The molecule has 0 aromatic carbocycles. The molecule has 0 saturated heterocycles. The van der Waals surface area contributed by atoms with Gasteiger partial charge in [-0.05, 0) is 13.0 Å². The number of nitrogens with two attached hydrogens (primary N) is 2. The lowest BCUT2D eigenvalue weighted by molar-refractivity contribution is 1.26. The van der Waals surface area contributed by atoms with Crippen molar-refractivity contribution in [3.05, 3.63) is 11.8 Å². The zero-order valence-corrected chi connectivity index (χ0v) is 6.26. The van der Waals surface area contributed by atoms with Gasteiger partial charge < -0.3 is 11.6 Å². The number of rotatable bonds is 1. The van der Waals surface area contributed by atoms with Gasteiger partial charge in [0, 0.05) is 11.9 Å². The standard InChI is InChI=1S/C4H9N3.C2H6/c1-4(5)2-3-7-6;1-2/h2-3H,5-6H2,1H3;1-2H3/b4-2-,7-3-;. The molecule has 3 heteroatoms. The Morgan fingerprint density at radius 3 is 2.00 bits per heavy atom. The van der Waals surface area contributed by atoms with Gasteiger partial charge in [-0.2, -0.15) is 5.10 Å². The minimum Gasteiger partial charge on any atom is -0.402 e. The van der Waals surface area contributed by atoms with Crippen LogP contribution in [0.2, 0.25) is 0 Å². The summed E-state index contributed by atoms with van der Waals surface area (Å²) in [5.74, 6) is 4.75. The zero-order valence-electron chi connectivity index (χ0n) is 6.26. The number of hydrogen-bond donors (Lipinski definition) is 2. The van der Waals surface area contributed by atoms with E-state index in [1.165, 1.54) is 6.21 Å². The average Bonchev–Trinajstić information content (AvgIpc) is 1.88. The number of hydrazone groups is 1. The van der Waals surface area contributed by atoms with E-state index in [2.05, 4.69) is 5.10 Å². The molecule has 0 aromatic heterocycles. The molecule has 0 radical (unpaired) electrons. The molecule has 0 spiro atoms. The molecule has 0 heterocycles. The van der Waals surface area contributed by atoms with E-state index in [-0.39, 0.29) is 0 Å². The van der Waals surface area contributed by atoms with Crippen molar-refractivity contribution in [2.24, 2.45) is 16.7 Å². The van der Waals surface area contributed by atoms with Crippen LogP contribution in [0.1, 0.15) is 20.8 Å². The Morgan fingerprint density at radius 2 is 1.89 bits per heavy atom. The van der Waals surface area contributed by atoms with Crippen molar-refractivity contribution in [2.75, 3.05) is 0 Å². The highest BCUT2D eigenvalue weighted by atomic mass is 15.1. The predicted molar refractivity (Wildman–Crippen MR) is 42.0 cm³/mol. The van der Waals surface area contributed by atoms with Gasteiger partial charge in [0.2, 0.25) is 0 Å². The second-order valence-corrected chi connectivity index (χ2v) is 1.21. The molecule has 0 saturated carbocycles. The molecule has 0 rings (SSSR count). The molecule has 4 N–H and O–H groups in total. The molecule has 0 aromatic rings. The van der Waals surface area contributed by atoms with Gasteiger partial charge in [-0.1, -0.05) is 13.8 Å². The summed E-state index contributed by atoms with van der Waals surface area (Å²) in [5, 5.41) is 3.19. The van der Waals surface area contributed by atoms with E-state index in [0.717, 1.165) is 0 Å². The topological polar surface area (TPSA) is 64.4 Å². The third-order valence-corrected chi connectivity index (χ3v) is 0.423. The molecule has 54 valence electrons. The minimum atomic E-state index is 0.703. The highest BCUT2D eigenvalue weighted by molar-refractivity contribution is 5.71. The molecule has 0 fully saturated rings. The molecule has 0 aliphatic heterocycles. The van der Waals surface area contributed by atoms with E-state index in [1.807, 2.05) is 13.8 Å². The van der Waals surface area contributed by atoms with E-state index in [0.29, 0.717) is 5.70 Å². The summed E-state index contributed by atoms with van der Waals surface area (Å²) in [5.41, 5.74) is 5.90. The van der Waals surface area contributed by atoms with E-state index in [4.69, 9.17) is 11.6 Å². The van der Waals surface area contributed by atoms with Crippen LogP contribution in [-0.4, -0.2) is 6.21 Å². The van der Waals surface area contributed by atoms with Crippen LogP contribution in [0, 0.1) is 0 Å². The highest BCUT2D eigenvalue weighted by Crippen LogP contribution is 1.71. The van der Waals surface area contributed by atoms with E-state index in [1.54, 1.807) is 13.0 Å². The molecule has 0 atom stereocenters. The van der Waals surface area contributed by atoms with Crippen LogP contribution in [-0.2, 0) is 0 Å². The van der Waals surface area contributed by atoms with Crippen LogP contribution in [0.4, 0.5) is 0 Å². The van der Waals surface area contributed by atoms with E-state index < -0.39 is 0 Å². The second-order valence-electron chi connectivity index (χ2n) is 1.21. The lowest BCUT2D eigenvalue weighted by Crippen LogP contribution is -1.90. The molecular weight excluding hydrogens is 114 g/mol. The second kappa shape index (κ2) is 10.1. The molecule has 0 amide bonds. The summed E-state index contributed by atoms with van der Waals surface area (Å²) in [4.78, 5) is 0. The Bertz CT molecular complexity index is 90.5. The van der Waals surface area contributed by atoms with Gasteiger partial charge in [0.15, 0.2) is 0 Å². The van der Waals surface area contributed by atoms with Crippen molar-refractivity contribution in [1.29, 1.82) is 0 Å². The maximum atomic E-state index is 5.19. The van der Waals surface area contributed by atoms with Gasteiger partial charge in [0.05, 0.1) is 0 Å². The van der Waals surface area contributed by atoms with Gasteiger partial charge in [-0.15, -0.1) is 0 Å². The fourth-order valence-corrected chi connectivity index (χ4v) is 0.161. The average molecular weight is 129 g/mol. The van der Waals surface area contributed by atoms with Crippen LogP contribution >= 0.6 is 0 Å². The first kappa shape index (κ1) is 10.9. The third kappa shape index (κ3) is 19.4. The van der Waals surface area contributed by atoms with Crippen molar-refractivity contribution in [3.63, 3.8) is 0 Å². The Kier molecular flexibility index (Phi) is 12.2. The number of hydrogen-bond acceptors (Lipinski definition) is 3. The quantitative estimate of drug-likeness (QED) is 0.313. The van der Waals surface area contributed by atoms with Gasteiger partial charge in [-0.25, -0.2) is 0 Å². The number of nitrogens with zero attached hydrogens (tertiary/aromatic N) is 1. The summed E-state index contributed by atoms with van der Waals surface area (Å²) in [6.45, 7) is 5.77. The first-order valence-electron chi connectivity index (χ1n) is 2.93. The minimum absolute atomic E-state index is 0.703. The summed E-state index contributed by atoms with van der Waals surface area (Å²) in [6, 6.07) is 0. The van der Waals surface area contributed by atoms with Crippen LogP contribution in [0.3, 0.4) is 0 Å². The van der Waals surface area contributed by atoms with E-state index in [9.17, 15) is 0 Å². The SMILES string of the molecule is C/C(N)=C/C=N\N.CC. The fourth-order valence-electron chi connectivity index (χ4n) is 0.161. The van der Waals surface area contributed by atoms with Crippen molar-refractivity contribution in [1.82, 2.24) is 0 Å². The predicted octanol–water partition coefficient (Wildman–Crippen LogP) is 0.820. The molecule has 0 bridgehead atoms. The van der Waals surface area contributed by atoms with Crippen molar-refractivity contribution in [2.45, 2.75) is 20.8 Å². The van der Waals surface area contributed by atoms with Gasteiger partial charge in [0.25, 0.3) is 0 Å². The van der Waals surface area contributed by atoms with Gasteiger partial charge in [0.1, 0.15) is 0 Å². The van der Waals surface area contributed by atoms with Crippen LogP contribution < -0.4 is 11.6 Å². The maximum absolute atomic E-state index is 5.19. The molecule has 0 aliphatic rings. The van der Waals surface area contributed by atoms with E-state index >= 15 is 0 Å². The maximum Gasteiger partial charge on any atom is 0.0482 e. The summed E-state index contributed by atoms with van der Waals surface area (Å²) < 4.78 is 0. The summed E-state index contributed by atoms with van der Waals surface area (Å²) in [6.07, 6.45) is 3.06. The Morgan fingerprint density at radius 1 is 1.44 bits per heavy atom. The first-order valence-corrected chi connectivity index (χ1v) is 2.93. The molecule has 0 aliphatic carbocycles. The third-order valence-electron chi connectivity index (χ3n) is 0.423. The van der Waals surface area contributed by atoms with Crippen LogP contribution in [0.15, 0.2) is 16.9 Å². The Balaban J connectivity index is 0. The van der Waals surface area contributed by atoms with Gasteiger partial charge >= 0.3 is 0 Å². The summed E-state index contributed by atoms with van der Waals surface area (Å²) >= 11 is 0. The summed E-state index contributed by atoms with van der Waals surface area (Å²) in [7, 11) is 0. The van der Waals surface area contributed by atoms with Crippen LogP contribution in [0.25, 0.3) is 0 Å². The lowest BCUT2D eigenvalue weighted by atomic mass is 10.5. The molecular formula is C6H15N3. The Hall–Kier alpha value is -0.990. The number of allylic oxidation sites excluding steroid dienone is 2. The molecule has 0 unspecified atom stereocenters. The molecule has 9 heavy (non-hydrogen) atoms. The normalized spacial score (nSPS) is 10.8. The van der Waals surface area contributed by atoms with Crippen molar-refractivity contribution < 1.29 is 0 Å². The van der Waals surface area contributed by atoms with Crippen molar-refractivity contribution >= 4 is 6.21 Å². The molecule has 3 nitrogen and oxygen atoms in total. The first-order chi connectivity index (χ1) is 4.27. The highest BCUT2D eigenvalue weighted by Gasteiger charge is 1.66. The van der Waals surface area contributed by atoms with Crippen molar-refractivity contribution in [3.8, 4) is 0 Å². The Labute approximate surface area is 56.4 Å². The largest absolute Gasteiger partial charge is 0.402 e. The zero-order chi connectivity index (χ0) is 7.70. The lowest BCUT2D eigenvalue weighted by Gasteiger charge is -1.79. The monoisotopic (exact) mass is 129 g/mol. The van der Waals surface area contributed by atoms with Gasteiger partial charge in [-0.3, -0.25) is 0 Å².